The van der Waals surface area contributed by atoms with Crippen LogP contribution in [0.2, 0.25) is 0 Å². The maximum atomic E-state index is 13.0. The van der Waals surface area contributed by atoms with Gasteiger partial charge in [-0.05, 0) is 68.6 Å². The molecule has 2 saturated heterocycles. The number of rotatable bonds is 2. The Kier molecular flexibility index (Phi) is 3.75. The molecule has 2 spiro atoms. The molecule has 2 aliphatic carbocycles. The van der Waals surface area contributed by atoms with Crippen molar-refractivity contribution in [2.24, 2.45) is 5.41 Å². The molecule has 1 unspecified atom stereocenters. The van der Waals surface area contributed by atoms with Gasteiger partial charge in [0.2, 0.25) is 0 Å². The molecule has 4 fully saturated rings. The molecular weight excluding hydrogens is 412 g/mol. The zero-order valence-electron chi connectivity index (χ0n) is 19.5. The summed E-state index contributed by atoms with van der Waals surface area (Å²) in [6.07, 6.45) is 8.17. The van der Waals surface area contributed by atoms with Gasteiger partial charge in [-0.2, -0.15) is 5.10 Å². The molecule has 33 heavy (non-hydrogen) atoms. The number of hydrogen-bond acceptors (Lipinski definition) is 6. The molecule has 172 valence electrons. The molecule has 2 saturated carbocycles. The molecule has 0 radical (unpaired) electrons. The average Bonchev–Trinajstić information content (AvgIpc) is 3.00. The van der Waals surface area contributed by atoms with Gasteiger partial charge in [0.25, 0.3) is 0 Å². The average molecular weight is 445 g/mol. The molecule has 1 atom stereocenters. The van der Waals surface area contributed by atoms with Gasteiger partial charge >= 0.3 is 0 Å². The molecule has 7 rings (SSSR count). The highest BCUT2D eigenvalue weighted by molar-refractivity contribution is 6.02. The first-order chi connectivity index (χ1) is 15.9. The Morgan fingerprint density at radius 2 is 2.00 bits per heavy atom. The van der Waals surface area contributed by atoms with Crippen LogP contribution in [0.1, 0.15) is 79.4 Å². The Labute approximate surface area is 194 Å². The first-order valence-corrected chi connectivity index (χ1v) is 12.4. The van der Waals surface area contributed by atoms with Crippen LogP contribution in [0.5, 0.6) is 0 Å². The number of carbonyl (C=O) groups excluding carboxylic acids is 1. The lowest BCUT2D eigenvalue weighted by Crippen LogP contribution is -2.61. The lowest BCUT2D eigenvalue weighted by molar-refractivity contribution is -0.123. The zero-order valence-corrected chi connectivity index (χ0v) is 19.5. The molecule has 7 nitrogen and oxygen atoms in total. The first-order valence-electron chi connectivity index (χ1n) is 12.4. The minimum atomic E-state index is -0.102. The lowest BCUT2D eigenvalue weighted by Gasteiger charge is -2.58. The number of aromatic nitrogens is 2. The highest BCUT2D eigenvalue weighted by atomic mass is 16.1. The van der Waals surface area contributed by atoms with E-state index >= 15 is 0 Å². The van der Waals surface area contributed by atoms with Gasteiger partial charge in [-0.3, -0.25) is 9.48 Å². The van der Waals surface area contributed by atoms with Gasteiger partial charge in [-0.1, -0.05) is 0 Å². The van der Waals surface area contributed by atoms with Crippen LogP contribution in [-0.2, 0) is 4.79 Å². The highest BCUT2D eigenvalue weighted by Gasteiger charge is 2.56. The fourth-order valence-corrected chi connectivity index (χ4v) is 7.70. The molecule has 0 bridgehead atoms. The van der Waals surface area contributed by atoms with Crippen LogP contribution >= 0.6 is 0 Å². The van der Waals surface area contributed by atoms with E-state index in [1.807, 2.05) is 6.07 Å². The van der Waals surface area contributed by atoms with E-state index in [0.29, 0.717) is 35.8 Å². The second-order valence-corrected chi connectivity index (χ2v) is 11.4. The molecule has 7 heteroatoms. The summed E-state index contributed by atoms with van der Waals surface area (Å²) in [5, 5.41) is 17.0. The van der Waals surface area contributed by atoms with Crippen molar-refractivity contribution in [3.63, 3.8) is 0 Å². The maximum absolute atomic E-state index is 13.0. The fraction of sp³-hybridized carbons (Fsp3) is 0.577. The summed E-state index contributed by atoms with van der Waals surface area (Å²) in [6, 6.07) is 2.40. The van der Waals surface area contributed by atoms with Crippen LogP contribution in [0.25, 0.3) is 11.1 Å². The number of nitrogens with one attached hydrogen (secondary N) is 2. The second-order valence-electron chi connectivity index (χ2n) is 11.4. The van der Waals surface area contributed by atoms with Crippen molar-refractivity contribution >= 4 is 23.5 Å². The number of benzene rings is 1. The minimum absolute atomic E-state index is 0.0142. The van der Waals surface area contributed by atoms with Gasteiger partial charge in [0.05, 0.1) is 12.1 Å². The first kappa shape index (κ1) is 19.8. The Morgan fingerprint density at radius 1 is 1.24 bits per heavy atom. The number of Topliss-reactive ketones (excluding diaryl/α,β-unsaturated/α-hetero) is 1. The third kappa shape index (κ3) is 2.36. The van der Waals surface area contributed by atoms with Crippen molar-refractivity contribution in [1.29, 1.82) is 5.41 Å². The van der Waals surface area contributed by atoms with E-state index in [4.69, 9.17) is 16.2 Å². The van der Waals surface area contributed by atoms with Gasteiger partial charge in [-0.15, -0.1) is 0 Å². The summed E-state index contributed by atoms with van der Waals surface area (Å²) in [4.78, 5) is 15.5. The summed E-state index contributed by atoms with van der Waals surface area (Å²) in [7, 11) is 0. The van der Waals surface area contributed by atoms with Crippen molar-refractivity contribution in [3.05, 3.63) is 28.5 Å². The quantitative estimate of drug-likeness (QED) is 0.483. The standard InChI is InChI=1S/C26H32N6O/c1-14-6-19(28)18(11-27)23-21(14)20-7-17(33)10-26(4-3-5-26)31(20)24-22(23)15(2)32(30-24)16-8-25(9-16)12-29-13-25/h6,11,16,20,27,29H,3-5,7-10,12-13,28H2,1-2H3. The van der Waals surface area contributed by atoms with Gasteiger partial charge in [0, 0.05) is 65.8 Å². The molecule has 2 aromatic rings. The van der Waals surface area contributed by atoms with Crippen LogP contribution in [0, 0.1) is 24.7 Å². The van der Waals surface area contributed by atoms with Crippen LogP contribution in [0.15, 0.2) is 6.07 Å². The van der Waals surface area contributed by atoms with Crippen molar-refractivity contribution in [2.75, 3.05) is 23.7 Å². The van der Waals surface area contributed by atoms with Crippen LogP contribution in [0.4, 0.5) is 11.5 Å². The lowest BCUT2D eigenvalue weighted by atomic mass is 9.61. The molecule has 4 N–H and O–H groups in total. The van der Waals surface area contributed by atoms with Crippen molar-refractivity contribution in [2.45, 2.75) is 76.4 Å². The number of nitrogens with zero attached hydrogens (tertiary/aromatic N) is 3. The van der Waals surface area contributed by atoms with Crippen molar-refractivity contribution < 1.29 is 4.79 Å². The van der Waals surface area contributed by atoms with E-state index in [-0.39, 0.29) is 11.6 Å². The molecule has 1 aromatic heterocycles. The molecule has 5 aliphatic rings. The second kappa shape index (κ2) is 6.26. The number of ketones is 1. The van der Waals surface area contributed by atoms with Gasteiger partial charge < -0.3 is 21.4 Å². The minimum Gasteiger partial charge on any atom is -0.398 e. The molecule has 4 heterocycles. The van der Waals surface area contributed by atoms with Crippen molar-refractivity contribution in [3.8, 4) is 11.1 Å². The number of nitrogen functional groups attached to an aromatic ring is 1. The largest absolute Gasteiger partial charge is 0.398 e. The summed E-state index contributed by atoms with van der Waals surface area (Å²) >= 11 is 0. The van der Waals surface area contributed by atoms with Gasteiger partial charge in [-0.25, -0.2) is 0 Å². The van der Waals surface area contributed by atoms with Crippen molar-refractivity contribution in [1.82, 2.24) is 15.1 Å². The van der Waals surface area contributed by atoms with E-state index < -0.39 is 0 Å². The fourth-order valence-electron chi connectivity index (χ4n) is 7.70. The highest BCUT2D eigenvalue weighted by Crippen LogP contribution is 2.60. The SMILES string of the molecule is Cc1cc(N)c(C=N)c2c1C1CC(=O)CC3(CCC3)N1c1nn(C3CC4(CNC4)C3)c(C)c1-2. The summed E-state index contributed by atoms with van der Waals surface area (Å²) < 4.78 is 2.27. The predicted octanol–water partition coefficient (Wildman–Crippen LogP) is 3.82. The van der Waals surface area contributed by atoms with E-state index in [2.05, 4.69) is 28.7 Å². The van der Waals surface area contributed by atoms with E-state index in [1.165, 1.54) is 36.7 Å². The Bertz CT molecular complexity index is 1230. The molecule has 3 aliphatic heterocycles. The number of aryl methyl sites for hydroxylation is 1. The Hall–Kier alpha value is -2.67. The number of hydrogen-bond donors (Lipinski definition) is 3. The smallest absolute Gasteiger partial charge is 0.159 e. The number of anilines is 2. The summed E-state index contributed by atoms with van der Waals surface area (Å²) in [6.45, 7) is 6.55. The third-order valence-corrected chi connectivity index (χ3v) is 9.47. The van der Waals surface area contributed by atoms with E-state index in [1.54, 1.807) is 0 Å². The van der Waals surface area contributed by atoms with Gasteiger partial charge in [0.15, 0.2) is 5.82 Å². The predicted molar refractivity (Wildman–Crippen MR) is 129 cm³/mol. The molecule has 0 amide bonds. The number of carbonyl (C=O) groups is 1. The van der Waals surface area contributed by atoms with Gasteiger partial charge in [0.1, 0.15) is 5.78 Å². The summed E-state index contributed by atoms with van der Waals surface area (Å²) in [5.41, 5.74) is 13.9. The monoisotopic (exact) mass is 444 g/mol. The number of nitrogens with two attached hydrogens (primary N) is 1. The van der Waals surface area contributed by atoms with Crippen LogP contribution in [0.3, 0.4) is 0 Å². The number of fused-ring (bicyclic) bond motifs is 7. The maximum Gasteiger partial charge on any atom is 0.159 e. The zero-order chi connectivity index (χ0) is 22.7. The third-order valence-electron chi connectivity index (χ3n) is 9.47. The molecule has 1 aromatic carbocycles. The Morgan fingerprint density at radius 3 is 2.61 bits per heavy atom. The van der Waals surface area contributed by atoms with E-state index in [9.17, 15) is 4.79 Å². The topological polar surface area (TPSA) is 100 Å². The summed E-state index contributed by atoms with van der Waals surface area (Å²) in [5.74, 6) is 1.38. The normalized spacial score (nSPS) is 26.2. The number of piperidine rings is 1. The van der Waals surface area contributed by atoms with E-state index in [0.717, 1.165) is 54.0 Å². The Balaban J connectivity index is 1.47. The molecular formula is C26H32N6O. The van der Waals surface area contributed by atoms with Crippen LogP contribution in [-0.4, -0.2) is 40.4 Å². The van der Waals surface area contributed by atoms with Crippen LogP contribution < -0.4 is 16.0 Å².